The van der Waals surface area contributed by atoms with Crippen molar-refractivity contribution in [2.45, 2.75) is 13.3 Å². The zero-order chi connectivity index (χ0) is 12.3. The van der Waals surface area contributed by atoms with Gasteiger partial charge in [0.15, 0.2) is 5.82 Å². The molecule has 5 nitrogen and oxygen atoms in total. The summed E-state index contributed by atoms with van der Waals surface area (Å²) >= 11 is 0. The minimum atomic E-state index is -0.162. The number of ketones is 1. The number of nitrogens with two attached hydrogens (primary N) is 1. The van der Waals surface area contributed by atoms with Crippen LogP contribution in [0, 0.1) is 6.92 Å². The predicted octanol–water partition coefficient (Wildman–Crippen LogP) is 1.19. The molecule has 0 spiro atoms. The number of aromatic nitrogens is 3. The summed E-state index contributed by atoms with van der Waals surface area (Å²) in [6.07, 6.45) is 4.99. The van der Waals surface area contributed by atoms with Gasteiger partial charge >= 0.3 is 0 Å². The minimum Gasteiger partial charge on any atom is -0.383 e. The second-order valence-electron chi connectivity index (χ2n) is 3.73. The molecule has 0 amide bonds. The van der Waals surface area contributed by atoms with Crippen molar-refractivity contribution < 1.29 is 4.79 Å². The first kappa shape index (κ1) is 11.2. The Kier molecular flexibility index (Phi) is 3.09. The zero-order valence-corrected chi connectivity index (χ0v) is 9.42. The molecule has 0 aliphatic heterocycles. The lowest BCUT2D eigenvalue weighted by Gasteiger charge is -2.02. The second-order valence-corrected chi connectivity index (χ2v) is 3.73. The van der Waals surface area contributed by atoms with Crippen LogP contribution in [0.25, 0.3) is 0 Å². The van der Waals surface area contributed by atoms with Gasteiger partial charge in [0.2, 0.25) is 5.78 Å². The number of nitrogen functional groups attached to an aromatic ring is 1. The number of carbonyl (C=O) groups is 1. The lowest BCUT2D eigenvalue weighted by Crippen LogP contribution is -2.10. The van der Waals surface area contributed by atoms with E-state index in [-0.39, 0.29) is 18.0 Å². The molecule has 2 rings (SSSR count). The van der Waals surface area contributed by atoms with E-state index in [1.165, 1.54) is 0 Å². The molecule has 2 aromatic rings. The number of rotatable bonds is 3. The molecule has 0 atom stereocenters. The fraction of sp³-hybridized carbons (Fsp3) is 0.167. The topological polar surface area (TPSA) is 81.8 Å². The van der Waals surface area contributed by atoms with Crippen LogP contribution in [-0.2, 0) is 6.42 Å². The van der Waals surface area contributed by atoms with Gasteiger partial charge in [0.1, 0.15) is 5.82 Å². The van der Waals surface area contributed by atoms with Crippen LogP contribution in [0.4, 0.5) is 5.82 Å². The smallest absolute Gasteiger partial charge is 0.204 e. The van der Waals surface area contributed by atoms with Crippen LogP contribution in [0.3, 0.4) is 0 Å². The summed E-state index contributed by atoms with van der Waals surface area (Å²) in [6.45, 7) is 1.87. The van der Waals surface area contributed by atoms with E-state index in [0.717, 1.165) is 5.56 Å². The van der Waals surface area contributed by atoms with Crippen molar-refractivity contribution in [2.75, 3.05) is 5.73 Å². The van der Waals surface area contributed by atoms with Gasteiger partial charge in [-0.15, -0.1) is 0 Å². The molecular formula is C12H12N4O. The van der Waals surface area contributed by atoms with E-state index in [9.17, 15) is 4.79 Å². The van der Waals surface area contributed by atoms with Crippen LogP contribution in [0.5, 0.6) is 0 Å². The Morgan fingerprint density at radius 3 is 2.65 bits per heavy atom. The summed E-state index contributed by atoms with van der Waals surface area (Å²) in [5.74, 6) is 0.413. The molecule has 0 fully saturated rings. The molecule has 2 N–H and O–H groups in total. The standard InChI is InChI=1S/C12H12N4O/c1-8-6-15-12(16-7-8)10(17)5-9-3-2-4-14-11(9)13/h2-4,6-7H,5H2,1H3,(H2,13,14). The van der Waals surface area contributed by atoms with E-state index >= 15 is 0 Å². The third kappa shape index (κ3) is 2.63. The van der Waals surface area contributed by atoms with Gasteiger partial charge in [0, 0.05) is 30.6 Å². The maximum Gasteiger partial charge on any atom is 0.204 e. The molecule has 17 heavy (non-hydrogen) atoms. The van der Waals surface area contributed by atoms with Gasteiger partial charge in [-0.3, -0.25) is 4.79 Å². The Morgan fingerprint density at radius 2 is 2.00 bits per heavy atom. The van der Waals surface area contributed by atoms with Crippen molar-refractivity contribution in [1.29, 1.82) is 0 Å². The third-order valence-corrected chi connectivity index (χ3v) is 2.31. The summed E-state index contributed by atoms with van der Waals surface area (Å²) in [5.41, 5.74) is 7.28. The van der Waals surface area contributed by atoms with E-state index in [1.807, 2.05) is 6.92 Å². The highest BCUT2D eigenvalue weighted by molar-refractivity contribution is 5.94. The van der Waals surface area contributed by atoms with Gasteiger partial charge in [-0.2, -0.15) is 0 Å². The largest absolute Gasteiger partial charge is 0.383 e. The molecule has 0 unspecified atom stereocenters. The van der Waals surface area contributed by atoms with Crippen molar-refractivity contribution in [3.8, 4) is 0 Å². The van der Waals surface area contributed by atoms with Gasteiger partial charge in [0.25, 0.3) is 0 Å². The first-order valence-electron chi connectivity index (χ1n) is 5.18. The van der Waals surface area contributed by atoms with Crippen molar-refractivity contribution in [3.63, 3.8) is 0 Å². The number of hydrogen-bond acceptors (Lipinski definition) is 5. The number of hydrogen-bond donors (Lipinski definition) is 1. The molecule has 0 radical (unpaired) electrons. The van der Waals surface area contributed by atoms with E-state index in [0.29, 0.717) is 11.4 Å². The predicted molar refractivity (Wildman–Crippen MR) is 63.5 cm³/mol. The molecule has 2 heterocycles. The van der Waals surface area contributed by atoms with Gasteiger partial charge in [0.05, 0.1) is 0 Å². The molecular weight excluding hydrogens is 216 g/mol. The highest BCUT2D eigenvalue weighted by atomic mass is 16.1. The fourth-order valence-electron chi connectivity index (χ4n) is 1.39. The van der Waals surface area contributed by atoms with E-state index in [1.54, 1.807) is 30.7 Å². The van der Waals surface area contributed by atoms with Crippen LogP contribution in [0.15, 0.2) is 30.7 Å². The molecule has 0 aromatic carbocycles. The average molecular weight is 228 g/mol. The fourth-order valence-corrected chi connectivity index (χ4v) is 1.39. The Bertz CT molecular complexity index is 536. The monoisotopic (exact) mass is 228 g/mol. The van der Waals surface area contributed by atoms with Gasteiger partial charge < -0.3 is 5.73 Å². The molecule has 0 aliphatic rings. The van der Waals surface area contributed by atoms with Gasteiger partial charge in [-0.25, -0.2) is 15.0 Å². The maximum absolute atomic E-state index is 11.9. The normalized spacial score (nSPS) is 10.2. The van der Waals surface area contributed by atoms with Crippen LogP contribution in [0.1, 0.15) is 21.7 Å². The van der Waals surface area contributed by atoms with Crippen LogP contribution >= 0.6 is 0 Å². The summed E-state index contributed by atoms with van der Waals surface area (Å²) in [7, 11) is 0. The van der Waals surface area contributed by atoms with Crippen LogP contribution in [-0.4, -0.2) is 20.7 Å². The zero-order valence-electron chi connectivity index (χ0n) is 9.42. The average Bonchev–Trinajstić information content (AvgIpc) is 2.33. The van der Waals surface area contributed by atoms with E-state index in [4.69, 9.17) is 5.73 Å². The highest BCUT2D eigenvalue weighted by Crippen LogP contribution is 2.10. The minimum absolute atomic E-state index is 0.162. The molecule has 5 heteroatoms. The third-order valence-electron chi connectivity index (χ3n) is 2.31. The van der Waals surface area contributed by atoms with Crippen LogP contribution in [0.2, 0.25) is 0 Å². The van der Waals surface area contributed by atoms with Crippen LogP contribution < -0.4 is 5.73 Å². The number of carbonyl (C=O) groups excluding carboxylic acids is 1. The number of pyridine rings is 1. The molecule has 86 valence electrons. The second kappa shape index (κ2) is 4.69. The Morgan fingerprint density at radius 1 is 1.29 bits per heavy atom. The summed E-state index contributed by atoms with van der Waals surface area (Å²) in [5, 5.41) is 0. The van der Waals surface area contributed by atoms with Gasteiger partial charge in [-0.1, -0.05) is 6.07 Å². The highest BCUT2D eigenvalue weighted by Gasteiger charge is 2.11. The Labute approximate surface area is 98.7 Å². The quantitative estimate of drug-likeness (QED) is 0.798. The lowest BCUT2D eigenvalue weighted by atomic mass is 10.1. The van der Waals surface area contributed by atoms with Crippen molar-refractivity contribution >= 4 is 11.6 Å². The van der Waals surface area contributed by atoms with Crippen molar-refractivity contribution in [2.24, 2.45) is 0 Å². The molecule has 0 aliphatic carbocycles. The number of Topliss-reactive ketones (excluding diaryl/α,β-unsaturated/α-hetero) is 1. The van der Waals surface area contributed by atoms with Crippen molar-refractivity contribution in [1.82, 2.24) is 15.0 Å². The van der Waals surface area contributed by atoms with E-state index in [2.05, 4.69) is 15.0 Å². The number of anilines is 1. The Hall–Kier alpha value is -2.30. The van der Waals surface area contributed by atoms with Crippen molar-refractivity contribution in [3.05, 3.63) is 47.7 Å². The first-order valence-corrected chi connectivity index (χ1v) is 5.18. The molecule has 2 aromatic heterocycles. The number of nitrogens with zero attached hydrogens (tertiary/aromatic N) is 3. The molecule has 0 saturated heterocycles. The summed E-state index contributed by atoms with van der Waals surface area (Å²) in [6, 6.07) is 3.52. The Balaban J connectivity index is 2.17. The van der Waals surface area contributed by atoms with Gasteiger partial charge in [-0.05, 0) is 18.6 Å². The summed E-state index contributed by atoms with van der Waals surface area (Å²) < 4.78 is 0. The molecule has 0 bridgehead atoms. The number of aryl methyl sites for hydroxylation is 1. The SMILES string of the molecule is Cc1cnc(C(=O)Cc2cccnc2N)nc1. The maximum atomic E-state index is 11.9. The lowest BCUT2D eigenvalue weighted by molar-refractivity contribution is 0.0983. The molecule has 0 saturated carbocycles. The first-order chi connectivity index (χ1) is 8.16. The van der Waals surface area contributed by atoms with E-state index < -0.39 is 0 Å². The summed E-state index contributed by atoms with van der Waals surface area (Å²) in [4.78, 5) is 23.8.